The molecule has 0 amide bonds. The lowest BCUT2D eigenvalue weighted by molar-refractivity contribution is -0.0930. The summed E-state index contributed by atoms with van der Waals surface area (Å²) in [6.07, 6.45) is -0.0832. The van der Waals surface area contributed by atoms with Gasteiger partial charge in [-0.1, -0.05) is 0 Å². The SMILES string of the molecule is Nc1nc2cc(Br)c(F)cc2n1CC1COCCO1. The van der Waals surface area contributed by atoms with Gasteiger partial charge in [0.1, 0.15) is 5.82 Å². The van der Waals surface area contributed by atoms with E-state index in [1.807, 2.05) is 0 Å². The quantitative estimate of drug-likeness (QED) is 0.914. The van der Waals surface area contributed by atoms with Gasteiger partial charge < -0.3 is 19.8 Å². The Morgan fingerprint density at radius 2 is 2.32 bits per heavy atom. The van der Waals surface area contributed by atoms with Crippen molar-refractivity contribution in [3.63, 3.8) is 0 Å². The number of hydrogen-bond donors (Lipinski definition) is 1. The molecule has 19 heavy (non-hydrogen) atoms. The summed E-state index contributed by atoms with van der Waals surface area (Å²) in [6, 6.07) is 3.04. The molecule has 1 saturated heterocycles. The number of benzene rings is 1. The number of imidazole rings is 1. The van der Waals surface area contributed by atoms with Gasteiger partial charge in [0.25, 0.3) is 0 Å². The van der Waals surface area contributed by atoms with Gasteiger partial charge in [0.15, 0.2) is 0 Å². The zero-order valence-electron chi connectivity index (χ0n) is 10.1. The first-order valence-corrected chi connectivity index (χ1v) is 6.74. The maximum atomic E-state index is 13.6. The Balaban J connectivity index is 1.97. The zero-order valence-corrected chi connectivity index (χ0v) is 11.7. The van der Waals surface area contributed by atoms with Gasteiger partial charge in [-0.05, 0) is 22.0 Å². The Hall–Kier alpha value is -1.18. The summed E-state index contributed by atoms with van der Waals surface area (Å²) >= 11 is 3.14. The van der Waals surface area contributed by atoms with E-state index in [1.165, 1.54) is 6.07 Å². The van der Waals surface area contributed by atoms with Crippen molar-refractivity contribution < 1.29 is 13.9 Å². The van der Waals surface area contributed by atoms with Crippen LogP contribution in [-0.4, -0.2) is 35.5 Å². The first-order valence-electron chi connectivity index (χ1n) is 5.95. The minimum atomic E-state index is -0.338. The Morgan fingerprint density at radius 3 is 3.05 bits per heavy atom. The number of fused-ring (bicyclic) bond motifs is 1. The van der Waals surface area contributed by atoms with E-state index in [1.54, 1.807) is 10.6 Å². The van der Waals surface area contributed by atoms with Crippen molar-refractivity contribution in [1.82, 2.24) is 9.55 Å². The highest BCUT2D eigenvalue weighted by Crippen LogP contribution is 2.25. The van der Waals surface area contributed by atoms with Crippen LogP contribution in [0.5, 0.6) is 0 Å². The fraction of sp³-hybridized carbons (Fsp3) is 0.417. The lowest BCUT2D eigenvalue weighted by atomic mass is 10.3. The summed E-state index contributed by atoms with van der Waals surface area (Å²) in [4.78, 5) is 4.23. The summed E-state index contributed by atoms with van der Waals surface area (Å²) in [7, 11) is 0. The average Bonchev–Trinajstić information content (AvgIpc) is 2.68. The Labute approximate surface area is 117 Å². The first kappa shape index (κ1) is 12.8. The van der Waals surface area contributed by atoms with Gasteiger partial charge in [0.05, 0.1) is 48.0 Å². The molecule has 1 aliphatic rings. The molecule has 1 atom stereocenters. The van der Waals surface area contributed by atoms with E-state index < -0.39 is 0 Å². The molecule has 0 spiro atoms. The highest BCUT2D eigenvalue weighted by molar-refractivity contribution is 9.10. The molecule has 1 fully saturated rings. The molecule has 102 valence electrons. The summed E-state index contributed by atoms with van der Waals surface area (Å²) in [6.45, 7) is 2.19. The van der Waals surface area contributed by atoms with Crippen LogP contribution >= 0.6 is 15.9 Å². The maximum Gasteiger partial charge on any atom is 0.201 e. The Morgan fingerprint density at radius 1 is 1.47 bits per heavy atom. The monoisotopic (exact) mass is 329 g/mol. The first-order chi connectivity index (χ1) is 9.15. The second kappa shape index (κ2) is 5.07. The second-order valence-electron chi connectivity index (χ2n) is 4.40. The van der Waals surface area contributed by atoms with E-state index in [9.17, 15) is 4.39 Å². The minimum Gasteiger partial charge on any atom is -0.376 e. The summed E-state index contributed by atoms with van der Waals surface area (Å²) in [5.74, 6) is 0.0103. The average molecular weight is 330 g/mol. The van der Waals surface area contributed by atoms with Crippen LogP contribution in [-0.2, 0) is 16.0 Å². The van der Waals surface area contributed by atoms with Crippen molar-refractivity contribution in [2.24, 2.45) is 0 Å². The van der Waals surface area contributed by atoms with Gasteiger partial charge in [-0.25, -0.2) is 9.37 Å². The summed E-state index contributed by atoms with van der Waals surface area (Å²) in [5.41, 5.74) is 7.20. The molecule has 5 nitrogen and oxygen atoms in total. The number of rotatable bonds is 2. The zero-order chi connectivity index (χ0) is 13.4. The van der Waals surface area contributed by atoms with Crippen molar-refractivity contribution in [3.05, 3.63) is 22.4 Å². The van der Waals surface area contributed by atoms with E-state index in [2.05, 4.69) is 20.9 Å². The van der Waals surface area contributed by atoms with Gasteiger partial charge in [0, 0.05) is 6.07 Å². The second-order valence-corrected chi connectivity index (χ2v) is 5.26. The van der Waals surface area contributed by atoms with Crippen molar-refractivity contribution in [1.29, 1.82) is 0 Å². The normalized spacial score (nSPS) is 20.0. The van der Waals surface area contributed by atoms with Crippen molar-refractivity contribution >= 4 is 32.9 Å². The molecule has 0 aliphatic carbocycles. The highest BCUT2D eigenvalue weighted by atomic mass is 79.9. The molecule has 2 N–H and O–H groups in total. The van der Waals surface area contributed by atoms with Crippen LogP contribution < -0.4 is 5.73 Å². The van der Waals surface area contributed by atoms with Crippen LogP contribution in [0.4, 0.5) is 10.3 Å². The maximum absolute atomic E-state index is 13.6. The number of ether oxygens (including phenoxy) is 2. The number of nitrogen functional groups attached to an aromatic ring is 1. The van der Waals surface area contributed by atoms with Crippen molar-refractivity contribution in [2.45, 2.75) is 12.6 Å². The minimum absolute atomic E-state index is 0.0832. The predicted molar refractivity (Wildman–Crippen MR) is 72.4 cm³/mol. The van der Waals surface area contributed by atoms with E-state index >= 15 is 0 Å². The smallest absolute Gasteiger partial charge is 0.201 e. The molecule has 1 aliphatic heterocycles. The Kier molecular flexibility index (Phi) is 3.42. The molecule has 1 aromatic carbocycles. The van der Waals surface area contributed by atoms with Gasteiger partial charge in [0.2, 0.25) is 5.95 Å². The van der Waals surface area contributed by atoms with Crippen LogP contribution in [0.2, 0.25) is 0 Å². The molecule has 2 aromatic rings. The summed E-state index contributed by atoms with van der Waals surface area (Å²) < 4.78 is 26.7. The third kappa shape index (κ3) is 2.45. The standard InChI is InChI=1S/C12H13BrFN3O2/c13-8-3-10-11(4-9(8)14)17(12(15)16-10)5-7-6-18-1-2-19-7/h3-4,7H,1-2,5-6H2,(H2,15,16). The third-order valence-electron chi connectivity index (χ3n) is 3.09. The third-order valence-corrected chi connectivity index (χ3v) is 3.70. The van der Waals surface area contributed by atoms with Gasteiger partial charge in [-0.15, -0.1) is 0 Å². The molecule has 7 heteroatoms. The molecule has 2 heterocycles. The van der Waals surface area contributed by atoms with E-state index in [0.717, 1.165) is 0 Å². The molecule has 1 unspecified atom stereocenters. The van der Waals surface area contributed by atoms with Crippen LogP contribution in [0.1, 0.15) is 0 Å². The molecular weight excluding hydrogens is 317 g/mol. The lowest BCUT2D eigenvalue weighted by Gasteiger charge is -2.23. The molecule has 3 rings (SSSR count). The van der Waals surface area contributed by atoms with Crippen LogP contribution in [0.3, 0.4) is 0 Å². The molecule has 1 aromatic heterocycles. The predicted octanol–water partition coefficient (Wildman–Crippen LogP) is 1.94. The van der Waals surface area contributed by atoms with Crippen molar-refractivity contribution in [2.75, 3.05) is 25.6 Å². The van der Waals surface area contributed by atoms with Crippen molar-refractivity contribution in [3.8, 4) is 0 Å². The van der Waals surface area contributed by atoms with Crippen LogP contribution in [0, 0.1) is 5.82 Å². The largest absolute Gasteiger partial charge is 0.376 e. The van der Waals surface area contributed by atoms with Crippen LogP contribution in [0.25, 0.3) is 11.0 Å². The van der Waals surface area contributed by atoms with E-state index in [4.69, 9.17) is 15.2 Å². The number of halogens is 2. The van der Waals surface area contributed by atoms with E-state index in [0.29, 0.717) is 47.8 Å². The lowest BCUT2D eigenvalue weighted by Crippen LogP contribution is -2.32. The summed E-state index contributed by atoms with van der Waals surface area (Å²) in [5, 5.41) is 0. The molecular formula is C12H13BrFN3O2. The van der Waals surface area contributed by atoms with E-state index in [-0.39, 0.29) is 11.9 Å². The van der Waals surface area contributed by atoms with Gasteiger partial charge in [-0.3, -0.25) is 0 Å². The van der Waals surface area contributed by atoms with Gasteiger partial charge in [-0.2, -0.15) is 0 Å². The number of hydrogen-bond acceptors (Lipinski definition) is 4. The highest BCUT2D eigenvalue weighted by Gasteiger charge is 2.19. The number of nitrogens with zero attached hydrogens (tertiary/aromatic N) is 2. The van der Waals surface area contributed by atoms with Crippen LogP contribution in [0.15, 0.2) is 16.6 Å². The molecule has 0 saturated carbocycles. The fourth-order valence-electron chi connectivity index (χ4n) is 2.18. The number of aromatic nitrogens is 2. The number of nitrogens with two attached hydrogens (primary N) is 1. The molecule has 0 bridgehead atoms. The topological polar surface area (TPSA) is 62.3 Å². The van der Waals surface area contributed by atoms with Gasteiger partial charge >= 0.3 is 0 Å². The number of anilines is 1. The molecule has 0 radical (unpaired) electrons. The Bertz CT molecular complexity index is 611. The fourth-order valence-corrected chi connectivity index (χ4v) is 2.51.